The van der Waals surface area contributed by atoms with Crippen LogP contribution in [0.3, 0.4) is 0 Å². The van der Waals surface area contributed by atoms with E-state index in [1.165, 1.54) is 122 Å². The largest absolute Gasteiger partial charge is 0.206 e. The van der Waals surface area contributed by atoms with E-state index in [0.29, 0.717) is 22.3 Å². The predicted molar refractivity (Wildman–Crippen MR) is 485 cm³/mol. The Morgan fingerprint density at radius 2 is 0.386 bits per heavy atom. The van der Waals surface area contributed by atoms with Gasteiger partial charge >= 0.3 is 0 Å². The molecule has 0 bridgehead atoms. The Morgan fingerprint density at radius 1 is 0.211 bits per heavy atom. The minimum atomic E-state index is -0.177. The number of unbranched alkanes of at least 4 members (excludes halogenated alkanes) is 8. The van der Waals surface area contributed by atoms with Crippen LogP contribution in [0.1, 0.15) is 189 Å². The number of benzene rings is 12. The number of halogens is 4. The van der Waals surface area contributed by atoms with Gasteiger partial charge in [0.2, 0.25) is 0 Å². The molecular formula is C110H120F4. The minimum Gasteiger partial charge on any atom is -0.206 e. The molecule has 0 atom stereocenters. The predicted octanol–water partition coefficient (Wildman–Crippen LogP) is 32.8. The second kappa shape index (κ2) is 48.4. The van der Waals surface area contributed by atoms with Gasteiger partial charge in [-0.1, -0.05) is 358 Å². The van der Waals surface area contributed by atoms with Crippen molar-refractivity contribution in [2.45, 2.75) is 196 Å². The van der Waals surface area contributed by atoms with Gasteiger partial charge in [0.05, 0.1) is 0 Å². The van der Waals surface area contributed by atoms with E-state index in [-0.39, 0.29) is 23.3 Å². The number of hydrogen-bond acceptors (Lipinski definition) is 0. The summed E-state index contributed by atoms with van der Waals surface area (Å²) in [6, 6.07) is 89.2. The van der Waals surface area contributed by atoms with Crippen molar-refractivity contribution < 1.29 is 17.6 Å². The van der Waals surface area contributed by atoms with E-state index in [0.717, 1.165) is 144 Å². The van der Waals surface area contributed by atoms with Gasteiger partial charge in [-0.05, 0) is 252 Å². The third-order valence-electron chi connectivity index (χ3n) is 21.3. The normalized spacial score (nSPS) is 11.0. The SMILES string of the molecule is C/C=C/CCc1ccc(-c2ccc(-c3ccc(CCCCC)cc3)c(F)c2)cc1.C/C=C/CCc1ccc(-c2ccc(-c3ccc(CCCCC)cc3)cc2F)cc1.C=CCCc1ccc(-c2ccc(-c3ccc(CCCCC)cc3)c(F)c2)cc1.C=CCCc1ccc(-c2ccc(-c3ccc(CCCCC)cc3)cc2F)cc1. The van der Waals surface area contributed by atoms with Gasteiger partial charge in [-0.3, -0.25) is 0 Å². The molecular weight excluding hydrogens is 1400 g/mol. The first-order chi connectivity index (χ1) is 55.8. The van der Waals surface area contributed by atoms with Crippen LogP contribution in [0, 0.1) is 23.3 Å². The zero-order chi connectivity index (χ0) is 80.5. The maximum absolute atomic E-state index is 14.8. The Balaban J connectivity index is 0.000000174. The Kier molecular flexibility index (Phi) is 37.1. The van der Waals surface area contributed by atoms with Gasteiger partial charge in [-0.2, -0.15) is 0 Å². The molecule has 12 aromatic rings. The van der Waals surface area contributed by atoms with Gasteiger partial charge in [-0.25, -0.2) is 17.6 Å². The molecule has 12 rings (SSSR count). The number of rotatable bonds is 36. The number of hydrogen-bond donors (Lipinski definition) is 0. The molecule has 12 aromatic carbocycles. The van der Waals surface area contributed by atoms with Crippen molar-refractivity contribution in [2.24, 2.45) is 0 Å². The van der Waals surface area contributed by atoms with Crippen LogP contribution in [-0.2, 0) is 51.4 Å². The minimum absolute atomic E-state index is 0.168. The van der Waals surface area contributed by atoms with E-state index in [9.17, 15) is 17.6 Å². The highest BCUT2D eigenvalue weighted by Crippen LogP contribution is 2.35. The van der Waals surface area contributed by atoms with Crippen molar-refractivity contribution in [1.82, 2.24) is 0 Å². The Morgan fingerprint density at radius 3 is 0.561 bits per heavy atom. The van der Waals surface area contributed by atoms with Crippen molar-refractivity contribution in [2.75, 3.05) is 0 Å². The first-order valence-electron chi connectivity index (χ1n) is 42.2. The maximum Gasteiger partial charge on any atom is 0.131 e. The fourth-order valence-corrected chi connectivity index (χ4v) is 14.3. The lowest BCUT2D eigenvalue weighted by molar-refractivity contribution is 0.631. The molecule has 0 saturated heterocycles. The molecule has 0 amide bonds. The second-order valence-corrected chi connectivity index (χ2v) is 30.1. The zero-order valence-corrected chi connectivity index (χ0v) is 68.8. The van der Waals surface area contributed by atoms with Gasteiger partial charge in [0, 0.05) is 22.3 Å². The lowest BCUT2D eigenvalue weighted by atomic mass is 9.97. The molecule has 0 aliphatic heterocycles. The van der Waals surface area contributed by atoms with E-state index in [2.05, 4.69) is 211 Å². The summed E-state index contributed by atoms with van der Waals surface area (Å²) in [6.07, 6.45) is 39.7. The highest BCUT2D eigenvalue weighted by molar-refractivity contribution is 5.75. The molecule has 0 saturated carbocycles. The van der Waals surface area contributed by atoms with Crippen LogP contribution in [0.25, 0.3) is 89.0 Å². The summed E-state index contributed by atoms with van der Waals surface area (Å²) < 4.78 is 59.3. The molecule has 114 heavy (non-hydrogen) atoms. The number of aryl methyl sites for hydroxylation is 8. The highest BCUT2D eigenvalue weighted by atomic mass is 19.1. The van der Waals surface area contributed by atoms with Crippen molar-refractivity contribution >= 4 is 0 Å². The van der Waals surface area contributed by atoms with Crippen LogP contribution < -0.4 is 0 Å². The van der Waals surface area contributed by atoms with E-state index < -0.39 is 0 Å². The van der Waals surface area contributed by atoms with Crippen LogP contribution in [0.4, 0.5) is 17.6 Å². The Hall–Kier alpha value is -10.7. The molecule has 0 spiro atoms. The average Bonchev–Trinajstić information content (AvgIpc) is 0.830. The van der Waals surface area contributed by atoms with Gasteiger partial charge in [0.15, 0.2) is 0 Å². The molecule has 0 aliphatic rings. The molecule has 0 unspecified atom stereocenters. The van der Waals surface area contributed by atoms with Gasteiger partial charge in [0.25, 0.3) is 0 Å². The van der Waals surface area contributed by atoms with E-state index in [1.807, 2.05) is 123 Å². The molecule has 0 radical (unpaired) electrons. The summed E-state index contributed by atoms with van der Waals surface area (Å²) in [7, 11) is 0. The average molecular weight is 1520 g/mol. The van der Waals surface area contributed by atoms with Crippen LogP contribution >= 0.6 is 0 Å². The Labute approximate surface area is 682 Å². The highest BCUT2D eigenvalue weighted by Gasteiger charge is 2.14. The lowest BCUT2D eigenvalue weighted by Crippen LogP contribution is -1.89. The smallest absolute Gasteiger partial charge is 0.131 e. The molecule has 4 heteroatoms. The fourth-order valence-electron chi connectivity index (χ4n) is 14.3. The summed E-state index contributed by atoms with van der Waals surface area (Å²) in [5.41, 5.74) is 24.7. The van der Waals surface area contributed by atoms with Crippen molar-refractivity contribution in [1.29, 1.82) is 0 Å². The van der Waals surface area contributed by atoms with Crippen LogP contribution in [0.5, 0.6) is 0 Å². The zero-order valence-electron chi connectivity index (χ0n) is 68.8. The van der Waals surface area contributed by atoms with Gasteiger partial charge < -0.3 is 0 Å². The molecule has 0 heterocycles. The summed E-state index contributed by atoms with van der Waals surface area (Å²) >= 11 is 0. The molecule has 0 N–H and O–H groups in total. The first-order valence-corrected chi connectivity index (χ1v) is 42.2. The molecule has 0 fully saturated rings. The molecule has 588 valence electrons. The molecule has 0 nitrogen and oxygen atoms in total. The quantitative estimate of drug-likeness (QED) is 0.0209. The van der Waals surface area contributed by atoms with Gasteiger partial charge in [0.1, 0.15) is 23.3 Å². The van der Waals surface area contributed by atoms with Gasteiger partial charge in [-0.15, -0.1) is 13.2 Å². The van der Waals surface area contributed by atoms with Crippen molar-refractivity contribution in [3.05, 3.63) is 384 Å². The summed E-state index contributed by atoms with van der Waals surface area (Å²) in [4.78, 5) is 0. The maximum atomic E-state index is 14.8. The topological polar surface area (TPSA) is 0 Å². The van der Waals surface area contributed by atoms with Crippen LogP contribution in [-0.4, -0.2) is 0 Å². The third kappa shape index (κ3) is 27.9. The molecule has 0 aromatic heterocycles. The Bertz CT molecular complexity index is 4860. The van der Waals surface area contributed by atoms with Crippen LogP contribution in [0.2, 0.25) is 0 Å². The monoisotopic (exact) mass is 1520 g/mol. The van der Waals surface area contributed by atoms with Crippen molar-refractivity contribution in [3.63, 3.8) is 0 Å². The molecule has 0 aliphatic carbocycles. The first kappa shape index (κ1) is 87.3. The summed E-state index contributed by atoms with van der Waals surface area (Å²) in [5, 5.41) is 0. The van der Waals surface area contributed by atoms with E-state index in [4.69, 9.17) is 0 Å². The number of allylic oxidation sites excluding steroid dienone is 6. The second-order valence-electron chi connectivity index (χ2n) is 30.1. The summed E-state index contributed by atoms with van der Waals surface area (Å²) in [6.45, 7) is 20.5. The van der Waals surface area contributed by atoms with E-state index >= 15 is 0 Å². The fraction of sp³-hybridized carbons (Fsp3) is 0.273. The third-order valence-corrected chi connectivity index (χ3v) is 21.3. The summed E-state index contributed by atoms with van der Waals surface area (Å²) in [5.74, 6) is -0.690. The van der Waals surface area contributed by atoms with Crippen molar-refractivity contribution in [3.8, 4) is 89.0 Å². The van der Waals surface area contributed by atoms with E-state index in [1.54, 1.807) is 24.3 Å². The standard InChI is InChI=1S/2C28H31F.2C27H29F/c2*1-3-5-7-9-22-11-15-24(16-12-22)26-19-20-27(28(29)21-26)25-17-13-23(14-18-25)10-8-6-4-2;1-3-5-7-9-22-10-14-23(15-11-22)25-18-19-26(27(28)20-25)24-16-12-21(13-17-24)8-6-4-2;1-3-5-7-9-22-12-16-24(17-13-22)26-19-18-25(20-27(26)28)23-14-10-21(11-15-23)8-6-4-2/h4,6,11-21H,3,5,7-10H2,1-2H3;3,5,11-21H,4,6-10H2,1-2H3;2*4,10-20H,2-3,5-9H2,1H3/b6-4+;5-3+;;. The van der Waals surface area contributed by atoms with Crippen LogP contribution in [0.15, 0.2) is 317 Å². The lowest BCUT2D eigenvalue weighted by Gasteiger charge is -2.09.